The minimum absolute atomic E-state index is 0.0815. The molecule has 3 aromatic rings. The van der Waals surface area contributed by atoms with Gasteiger partial charge in [-0.25, -0.2) is 27.5 Å². The predicted molar refractivity (Wildman–Crippen MR) is 121 cm³/mol. The number of anilines is 1. The molecule has 0 radical (unpaired) electrons. The fourth-order valence-electron chi connectivity index (χ4n) is 4.05. The van der Waals surface area contributed by atoms with Crippen molar-refractivity contribution in [3.05, 3.63) is 65.7 Å². The lowest BCUT2D eigenvalue weighted by molar-refractivity contribution is -0.0384. The van der Waals surface area contributed by atoms with Crippen LogP contribution in [-0.4, -0.2) is 32.9 Å². The number of halogens is 4. The lowest BCUT2D eigenvalue weighted by Gasteiger charge is -2.29. The van der Waals surface area contributed by atoms with Crippen molar-refractivity contribution in [1.82, 2.24) is 15.0 Å². The summed E-state index contributed by atoms with van der Waals surface area (Å²) in [6.45, 7) is 3.62. The summed E-state index contributed by atoms with van der Waals surface area (Å²) < 4.78 is 61.6. The van der Waals surface area contributed by atoms with Gasteiger partial charge in [0.25, 0.3) is 5.91 Å². The first-order chi connectivity index (χ1) is 16.6. The van der Waals surface area contributed by atoms with E-state index in [0.29, 0.717) is 5.69 Å². The standard InChI is InChI=1S/C25H24F4N4O2/c1-14(2)35-24-31-12-16(13-32-24)23(34)33-22-18(19-11-17(26)3-4-20(19)27)7-10-30-21(22)15-5-8-25(28,29)9-6-15/h3-4,7,10-15H,5-6,8-9H2,1-2H3,(H,33,34). The molecule has 0 saturated heterocycles. The minimum atomic E-state index is -2.76. The number of carbonyl (C=O) groups excluding carboxylic acids is 1. The summed E-state index contributed by atoms with van der Waals surface area (Å²) in [7, 11) is 0. The molecule has 0 spiro atoms. The molecule has 6 nitrogen and oxygen atoms in total. The van der Waals surface area contributed by atoms with Gasteiger partial charge in [0, 0.05) is 48.5 Å². The molecular formula is C25H24F4N4O2. The number of amides is 1. The van der Waals surface area contributed by atoms with E-state index in [9.17, 15) is 22.4 Å². The van der Waals surface area contributed by atoms with Crippen LogP contribution in [0.5, 0.6) is 6.01 Å². The summed E-state index contributed by atoms with van der Waals surface area (Å²) in [5.74, 6) is -5.13. The lowest BCUT2D eigenvalue weighted by Crippen LogP contribution is -2.25. The minimum Gasteiger partial charge on any atom is -0.461 e. The van der Waals surface area contributed by atoms with Crippen LogP contribution in [0.3, 0.4) is 0 Å². The largest absolute Gasteiger partial charge is 0.461 e. The number of rotatable bonds is 6. The molecule has 1 aliphatic rings. The molecule has 1 aromatic carbocycles. The normalized spacial score (nSPS) is 15.7. The number of ether oxygens (including phenoxy) is 1. The lowest BCUT2D eigenvalue weighted by atomic mass is 9.83. The van der Waals surface area contributed by atoms with Gasteiger partial charge in [-0.3, -0.25) is 9.78 Å². The molecule has 1 fully saturated rings. The van der Waals surface area contributed by atoms with Gasteiger partial charge >= 0.3 is 6.01 Å². The second-order valence-electron chi connectivity index (χ2n) is 8.75. The molecule has 0 bridgehead atoms. The van der Waals surface area contributed by atoms with Gasteiger partial charge in [-0.05, 0) is 51.0 Å². The number of nitrogens with one attached hydrogen (secondary N) is 1. The van der Waals surface area contributed by atoms with Crippen molar-refractivity contribution in [2.75, 3.05) is 5.32 Å². The van der Waals surface area contributed by atoms with Gasteiger partial charge in [-0.2, -0.15) is 0 Å². The Balaban J connectivity index is 1.72. The van der Waals surface area contributed by atoms with Crippen molar-refractivity contribution in [3.8, 4) is 17.1 Å². The topological polar surface area (TPSA) is 77.0 Å². The van der Waals surface area contributed by atoms with Gasteiger partial charge in [0.1, 0.15) is 11.6 Å². The number of aromatic nitrogens is 3. The van der Waals surface area contributed by atoms with E-state index in [1.54, 1.807) is 0 Å². The number of pyridine rings is 1. The van der Waals surface area contributed by atoms with Crippen LogP contribution in [0.1, 0.15) is 61.5 Å². The van der Waals surface area contributed by atoms with Gasteiger partial charge < -0.3 is 10.1 Å². The van der Waals surface area contributed by atoms with Crippen LogP contribution < -0.4 is 10.1 Å². The molecule has 1 aliphatic carbocycles. The van der Waals surface area contributed by atoms with Crippen molar-refractivity contribution in [2.24, 2.45) is 0 Å². The molecule has 0 unspecified atom stereocenters. The van der Waals surface area contributed by atoms with E-state index >= 15 is 0 Å². The molecule has 35 heavy (non-hydrogen) atoms. The summed E-state index contributed by atoms with van der Waals surface area (Å²) in [5, 5.41) is 2.72. The second kappa shape index (κ2) is 9.97. The van der Waals surface area contributed by atoms with E-state index in [-0.39, 0.29) is 66.1 Å². The van der Waals surface area contributed by atoms with Crippen molar-refractivity contribution in [3.63, 3.8) is 0 Å². The third-order valence-electron chi connectivity index (χ3n) is 5.77. The van der Waals surface area contributed by atoms with Crippen LogP contribution in [0.4, 0.5) is 23.2 Å². The van der Waals surface area contributed by atoms with Gasteiger partial charge in [0.15, 0.2) is 0 Å². The molecule has 1 saturated carbocycles. The van der Waals surface area contributed by atoms with Gasteiger partial charge in [0.05, 0.1) is 23.0 Å². The van der Waals surface area contributed by atoms with Crippen molar-refractivity contribution >= 4 is 11.6 Å². The monoisotopic (exact) mass is 488 g/mol. The SMILES string of the molecule is CC(C)Oc1ncc(C(=O)Nc2c(-c3cc(F)ccc3F)ccnc2C2CCC(F)(F)CC2)cn1. The fourth-order valence-corrected chi connectivity index (χ4v) is 4.05. The van der Waals surface area contributed by atoms with Crippen LogP contribution in [0.2, 0.25) is 0 Å². The Morgan fingerprint density at radius 2 is 1.74 bits per heavy atom. The van der Waals surface area contributed by atoms with Gasteiger partial charge in [-0.15, -0.1) is 0 Å². The highest BCUT2D eigenvalue weighted by atomic mass is 19.3. The first kappa shape index (κ1) is 24.6. The number of carbonyl (C=O) groups is 1. The maximum atomic E-state index is 14.7. The smallest absolute Gasteiger partial charge is 0.316 e. The van der Waals surface area contributed by atoms with E-state index in [1.165, 1.54) is 24.7 Å². The number of benzene rings is 1. The maximum Gasteiger partial charge on any atom is 0.316 e. The van der Waals surface area contributed by atoms with Gasteiger partial charge in [0.2, 0.25) is 5.92 Å². The molecule has 0 atom stereocenters. The van der Waals surface area contributed by atoms with E-state index < -0.39 is 23.5 Å². The van der Waals surface area contributed by atoms with E-state index in [0.717, 1.165) is 18.2 Å². The summed E-state index contributed by atoms with van der Waals surface area (Å²) in [6, 6.07) is 4.54. The molecule has 2 aromatic heterocycles. The third kappa shape index (κ3) is 5.75. The zero-order chi connectivity index (χ0) is 25.2. The molecular weight excluding hydrogens is 464 g/mol. The molecule has 1 N–H and O–H groups in total. The summed E-state index contributed by atoms with van der Waals surface area (Å²) in [4.78, 5) is 25.5. The summed E-state index contributed by atoms with van der Waals surface area (Å²) in [6.07, 6.45) is 3.44. The highest BCUT2D eigenvalue weighted by molar-refractivity contribution is 6.06. The van der Waals surface area contributed by atoms with Crippen molar-refractivity contribution in [1.29, 1.82) is 0 Å². The second-order valence-corrected chi connectivity index (χ2v) is 8.75. The molecule has 4 rings (SSSR count). The Kier molecular flexibility index (Phi) is 7.00. The van der Waals surface area contributed by atoms with Crippen LogP contribution in [-0.2, 0) is 0 Å². The first-order valence-electron chi connectivity index (χ1n) is 11.2. The quantitative estimate of drug-likeness (QED) is 0.421. The van der Waals surface area contributed by atoms with Crippen LogP contribution >= 0.6 is 0 Å². The number of hydrogen-bond donors (Lipinski definition) is 1. The third-order valence-corrected chi connectivity index (χ3v) is 5.77. The Labute approximate surface area is 199 Å². The molecule has 0 aliphatic heterocycles. The summed E-state index contributed by atoms with van der Waals surface area (Å²) >= 11 is 0. The van der Waals surface area contributed by atoms with Crippen LogP contribution in [0.25, 0.3) is 11.1 Å². The first-order valence-corrected chi connectivity index (χ1v) is 11.2. The number of nitrogens with zero attached hydrogens (tertiary/aromatic N) is 3. The Hall–Kier alpha value is -3.56. The summed E-state index contributed by atoms with van der Waals surface area (Å²) in [5.41, 5.74) is 0.688. The fraction of sp³-hybridized carbons (Fsp3) is 0.360. The zero-order valence-electron chi connectivity index (χ0n) is 19.2. The number of hydrogen-bond acceptors (Lipinski definition) is 5. The number of alkyl halides is 2. The van der Waals surface area contributed by atoms with Crippen molar-refractivity contribution in [2.45, 2.75) is 57.5 Å². The van der Waals surface area contributed by atoms with E-state index in [1.807, 2.05) is 13.8 Å². The van der Waals surface area contributed by atoms with E-state index in [4.69, 9.17) is 4.74 Å². The maximum absolute atomic E-state index is 14.7. The van der Waals surface area contributed by atoms with Gasteiger partial charge in [-0.1, -0.05) is 0 Å². The predicted octanol–water partition coefficient (Wildman–Crippen LogP) is 6.15. The molecule has 184 valence electrons. The average molecular weight is 488 g/mol. The Bertz CT molecular complexity index is 1210. The molecule has 1 amide bonds. The average Bonchev–Trinajstić information content (AvgIpc) is 2.81. The Morgan fingerprint density at radius 1 is 1.06 bits per heavy atom. The van der Waals surface area contributed by atoms with E-state index in [2.05, 4.69) is 20.3 Å². The Morgan fingerprint density at radius 3 is 2.40 bits per heavy atom. The zero-order valence-corrected chi connectivity index (χ0v) is 19.2. The molecule has 10 heteroatoms. The van der Waals surface area contributed by atoms with Crippen molar-refractivity contribution < 1.29 is 27.1 Å². The van der Waals surface area contributed by atoms with Crippen LogP contribution in [0, 0.1) is 11.6 Å². The highest BCUT2D eigenvalue weighted by Gasteiger charge is 2.37. The van der Waals surface area contributed by atoms with Crippen LogP contribution in [0.15, 0.2) is 42.9 Å². The highest BCUT2D eigenvalue weighted by Crippen LogP contribution is 2.44. The molecule has 2 heterocycles.